The molecule has 11 nitrogen and oxygen atoms in total. The average Bonchev–Trinajstić information content (AvgIpc) is 3.16. The predicted octanol–water partition coefficient (Wildman–Crippen LogP) is 13.1. The number of methoxy groups -OCH3 is 2. The van der Waals surface area contributed by atoms with E-state index in [0.717, 1.165) is 56.7 Å². The van der Waals surface area contributed by atoms with Crippen LogP contribution in [0.15, 0.2) is 90.5 Å². The molecular weight excluding hydrogens is 990 g/mol. The molecule has 0 heterocycles. The summed E-state index contributed by atoms with van der Waals surface area (Å²) in [7, 11) is 18.1. The number of phenolic OH excluding ortho intramolecular Hbond substituents is 2. The van der Waals surface area contributed by atoms with E-state index in [0.29, 0.717) is 12.2 Å². The lowest BCUT2D eigenvalue weighted by molar-refractivity contribution is -0.139. The number of carboxylic acids is 3. The van der Waals surface area contributed by atoms with Gasteiger partial charge >= 0.3 is 29.3 Å². The van der Waals surface area contributed by atoms with Crippen LogP contribution in [0.5, 0.6) is 23.0 Å². The van der Waals surface area contributed by atoms with Gasteiger partial charge in [-0.15, -0.1) is 17.0 Å². The van der Waals surface area contributed by atoms with Crippen molar-refractivity contribution in [1.82, 2.24) is 0 Å². The third-order valence-electron chi connectivity index (χ3n) is 9.64. The van der Waals surface area contributed by atoms with Crippen molar-refractivity contribution < 1.29 is 54.2 Å². The molecule has 5 N–H and O–H groups in total. The smallest absolute Gasteiger partial charge is 0.508 e. The van der Waals surface area contributed by atoms with Crippen LogP contribution in [0, 0.1) is 27.7 Å². The number of rotatable bonds is 12. The molecule has 0 spiro atoms. The summed E-state index contributed by atoms with van der Waals surface area (Å²) in [5.41, 5.74) is 6.75. The van der Waals surface area contributed by atoms with Gasteiger partial charge in [-0.3, -0.25) is 9.59 Å². The van der Waals surface area contributed by atoms with Gasteiger partial charge in [0.15, 0.2) is 0 Å². The summed E-state index contributed by atoms with van der Waals surface area (Å²) in [4.78, 5) is 41.7. The van der Waals surface area contributed by atoms with Gasteiger partial charge in [0.2, 0.25) is 0 Å². The fourth-order valence-electron chi connectivity index (χ4n) is 5.77. The van der Waals surface area contributed by atoms with Crippen molar-refractivity contribution in [3.8, 4) is 23.0 Å². The maximum absolute atomic E-state index is 10.8. The summed E-state index contributed by atoms with van der Waals surface area (Å²) in [6, 6.07) is 24.4. The number of carbonyl (C=O) groups excluding carboxylic acids is 1. The number of phenols is 2. The lowest BCUT2D eigenvalue weighted by atomic mass is 9.81. The number of para-hydroxylation sites is 1. The number of allylic oxidation sites excluding steroid dienone is 1. The zero-order valence-corrected chi connectivity index (χ0v) is 45.7. The molecule has 0 aliphatic heterocycles. The first-order valence-electron chi connectivity index (χ1n) is 20.4. The van der Waals surface area contributed by atoms with Crippen molar-refractivity contribution >= 4 is 82.7 Å². The maximum Gasteiger partial charge on any atom is 0.643 e. The maximum atomic E-state index is 10.8. The normalized spacial score (nSPS) is 10.2. The summed E-state index contributed by atoms with van der Waals surface area (Å²) in [6.45, 7) is 22.8. The third-order valence-corrected chi connectivity index (χ3v) is 9.64. The lowest BCUT2D eigenvalue weighted by Crippen LogP contribution is -2.21. The van der Waals surface area contributed by atoms with Crippen LogP contribution in [0.2, 0.25) is 0 Å². The molecule has 4 aromatic carbocycles. The van der Waals surface area contributed by atoms with Crippen LogP contribution in [0.3, 0.4) is 0 Å². The molecule has 0 amide bonds. The van der Waals surface area contributed by atoms with Crippen molar-refractivity contribution in [2.24, 2.45) is 0 Å². The molecule has 0 aromatic heterocycles. The first kappa shape index (κ1) is 66.1. The molecule has 0 unspecified atom stereocenters. The van der Waals surface area contributed by atoms with Crippen LogP contribution in [0.1, 0.15) is 114 Å². The van der Waals surface area contributed by atoms with E-state index in [2.05, 4.69) is 0 Å². The van der Waals surface area contributed by atoms with E-state index >= 15 is 0 Å². The van der Waals surface area contributed by atoms with Crippen LogP contribution >= 0.6 is 47.1 Å². The molecule has 0 saturated carbocycles. The Morgan fingerprint density at radius 1 is 0.591 bits per heavy atom. The molecule has 0 aliphatic carbocycles. The van der Waals surface area contributed by atoms with Crippen LogP contribution in [-0.4, -0.2) is 75.3 Å². The zero-order chi connectivity index (χ0) is 50.9. The zero-order valence-electron chi connectivity index (χ0n) is 40.6. The number of aromatic hydroxyl groups is 2. The number of carbonyl (C=O) groups is 4. The molecule has 66 heavy (non-hydrogen) atoms. The molecule has 0 atom stereocenters. The average molecular weight is 1060 g/mol. The number of hydrogen-bond acceptors (Lipinski definition) is 8. The van der Waals surface area contributed by atoms with Crippen molar-refractivity contribution in [1.29, 1.82) is 0 Å². The highest BCUT2D eigenvalue weighted by atomic mass is 79.9. The monoisotopic (exact) mass is 1060 g/mol. The van der Waals surface area contributed by atoms with Crippen molar-refractivity contribution in [2.45, 2.75) is 119 Å². The van der Waals surface area contributed by atoms with E-state index < -0.39 is 34.7 Å². The van der Waals surface area contributed by atoms with E-state index in [1.54, 1.807) is 53.2 Å². The summed E-state index contributed by atoms with van der Waals surface area (Å²) in [5.74, 6) is -0.142. The molecule has 4 aromatic rings. The Labute approximate surface area is 419 Å². The highest BCUT2D eigenvalue weighted by Gasteiger charge is 2.26. The number of carboxylic acid groups (broad SMARTS) is 3. The Hall–Kier alpha value is -4.22. The molecule has 0 radical (unpaired) electrons. The highest BCUT2D eigenvalue weighted by molar-refractivity contribution is 8.93. The van der Waals surface area contributed by atoms with E-state index in [1.165, 1.54) is 11.6 Å². The molecule has 4 rings (SSSR count). The number of aryl methyl sites for hydroxylation is 4. The molecular formula is C50H69AlBrCl3O11. The van der Waals surface area contributed by atoms with Gasteiger partial charge in [-0.05, 0) is 110 Å². The minimum Gasteiger partial charge on any atom is -0.508 e. The Balaban J connectivity index is -0.000000751. The Bertz CT molecular complexity index is 2150. The van der Waals surface area contributed by atoms with Crippen LogP contribution in [-0.2, 0) is 35.4 Å². The molecule has 0 fully saturated rings. The fourth-order valence-corrected chi connectivity index (χ4v) is 5.77. The third kappa shape index (κ3) is 28.1. The van der Waals surface area contributed by atoms with Gasteiger partial charge in [0.25, 0.3) is 0 Å². The van der Waals surface area contributed by atoms with Crippen LogP contribution < -0.4 is 9.47 Å². The first-order valence-corrected chi connectivity index (χ1v) is 25.6. The number of benzene rings is 4. The summed E-state index contributed by atoms with van der Waals surface area (Å²) < 4.78 is 10.2. The largest absolute Gasteiger partial charge is 0.643 e. The highest BCUT2D eigenvalue weighted by Crippen LogP contribution is 2.32. The van der Waals surface area contributed by atoms with Crippen LogP contribution in [0.25, 0.3) is 0 Å². The fraction of sp³-hybridized carbons (Fsp3) is 0.400. The lowest BCUT2D eigenvalue weighted by Gasteiger charge is -2.24. The predicted molar refractivity (Wildman–Crippen MR) is 276 cm³/mol. The van der Waals surface area contributed by atoms with E-state index in [-0.39, 0.29) is 46.4 Å². The summed E-state index contributed by atoms with van der Waals surface area (Å²) in [5, 5.41) is 44.4. The number of halogens is 4. The number of hydrogen-bond donors (Lipinski definition) is 5. The molecule has 16 heteroatoms. The standard InChI is InChI=1S/C13H18O3.C12H16O3.C12H16O2.C8H10O.C5H8O2.Al.BrH.3ClH/c1-9-7-10(5-6-11(9)16-4)13(2,3)8-12(14)15;1-8-6-9(4-5-10(8)13)12(2,3)7-11(14)15;1-9-8-10(4-5-11(9)14)12(2,3)6-7-13;1-7-5-3-4-6-8(7)9-2;1-4(2)3-5(6)7;;;;;/h5-7H,8H2,1-4H3,(H,14,15);4-6,13H,7H2,1-3H3,(H,14,15);4-5,7-8,14H,6H2,1-3H3;3-6H,1-2H3;3H,1-2H3,(H,6,7);;4*1H/q;;;;;+3;;;;/p-3. The summed E-state index contributed by atoms with van der Waals surface area (Å²) in [6.07, 6.45) is 2.80. The Kier molecular flexibility index (Phi) is 32.5. The molecule has 0 saturated heterocycles. The number of aldehydes is 1. The summed E-state index contributed by atoms with van der Waals surface area (Å²) >= 11 is -1.72. The second-order valence-electron chi connectivity index (χ2n) is 17.1. The topological polar surface area (TPSA) is 188 Å². The van der Waals surface area contributed by atoms with Crippen LogP contribution in [0.4, 0.5) is 0 Å². The van der Waals surface area contributed by atoms with Crippen molar-refractivity contribution in [3.63, 3.8) is 0 Å². The van der Waals surface area contributed by atoms with E-state index in [4.69, 9.17) is 54.9 Å². The minimum absolute atomic E-state index is 0. The van der Waals surface area contributed by atoms with Crippen molar-refractivity contribution in [3.05, 3.63) is 129 Å². The van der Waals surface area contributed by atoms with E-state index in [9.17, 15) is 29.4 Å². The molecule has 0 aliphatic rings. The van der Waals surface area contributed by atoms with Gasteiger partial charge in [0, 0.05) is 23.3 Å². The SMILES string of the molecule is Br.CC(C)=CC(=O)O.COc1ccc(C(C)(C)CC(=O)O)cc1C.COc1ccccc1C.Cc1cc(C(C)(C)CC(=O)O)ccc1O.Cc1cc(C(C)(C)CC=O)ccc1O.[Cl][Al]([Cl])[Cl]. The van der Waals surface area contributed by atoms with Gasteiger partial charge < -0.3 is 39.8 Å². The second-order valence-corrected chi connectivity index (χ2v) is 23.6. The Morgan fingerprint density at radius 2 is 0.939 bits per heavy atom. The second kappa shape index (κ2) is 32.5. The van der Waals surface area contributed by atoms with Gasteiger partial charge in [0.1, 0.15) is 29.3 Å². The van der Waals surface area contributed by atoms with Crippen molar-refractivity contribution in [2.75, 3.05) is 14.2 Å². The Morgan fingerprint density at radius 3 is 1.21 bits per heavy atom. The number of aliphatic carboxylic acids is 3. The van der Waals surface area contributed by atoms with Gasteiger partial charge in [-0.2, -0.15) is 0 Å². The van der Waals surface area contributed by atoms with Gasteiger partial charge in [0.05, 0.1) is 27.1 Å². The number of ether oxygens (including phenoxy) is 2. The van der Waals surface area contributed by atoms with Gasteiger partial charge in [-0.25, -0.2) is 34.9 Å². The molecule has 0 bridgehead atoms. The van der Waals surface area contributed by atoms with E-state index in [1.807, 2.05) is 123 Å². The minimum atomic E-state index is -1.72. The first-order chi connectivity index (χ1) is 29.9. The quantitative estimate of drug-likeness (QED) is 0.0516. The molecule has 366 valence electrons. The van der Waals surface area contributed by atoms with Gasteiger partial charge in [-0.1, -0.05) is 102 Å².